The molecule has 1 aromatic carbocycles. The summed E-state index contributed by atoms with van der Waals surface area (Å²) in [7, 11) is 3.99. The third-order valence-corrected chi connectivity index (χ3v) is 5.36. The molecule has 1 aliphatic carbocycles. The van der Waals surface area contributed by atoms with E-state index in [1.54, 1.807) is 6.08 Å². The quantitative estimate of drug-likeness (QED) is 0.596. The number of nitrogens with one attached hydrogen (secondary N) is 2. The first-order valence-corrected chi connectivity index (χ1v) is 10.4. The van der Waals surface area contributed by atoms with Crippen molar-refractivity contribution in [1.82, 2.24) is 15.3 Å². The first kappa shape index (κ1) is 21.1. The molecular weight excluding hydrogens is 362 g/mol. The first-order chi connectivity index (χ1) is 14.2. The van der Waals surface area contributed by atoms with Crippen LogP contribution in [0.2, 0.25) is 0 Å². The van der Waals surface area contributed by atoms with E-state index in [9.17, 15) is 0 Å². The van der Waals surface area contributed by atoms with Gasteiger partial charge < -0.3 is 20.3 Å². The second-order valence-electron chi connectivity index (χ2n) is 7.83. The van der Waals surface area contributed by atoms with E-state index < -0.39 is 0 Å². The van der Waals surface area contributed by atoms with Gasteiger partial charge in [0.1, 0.15) is 18.2 Å². The molecule has 0 spiro atoms. The molecule has 1 aliphatic rings. The molecule has 1 aromatic heterocycles. The SMILES string of the molecule is C=CCOc1ccccc1CNCC1CCC(Nc2nccc(N(C)C)n2)CC1. The lowest BCUT2D eigenvalue weighted by molar-refractivity contribution is 0.321. The lowest BCUT2D eigenvalue weighted by Crippen LogP contribution is -2.31. The number of hydrogen-bond acceptors (Lipinski definition) is 6. The van der Waals surface area contributed by atoms with E-state index in [-0.39, 0.29) is 0 Å². The summed E-state index contributed by atoms with van der Waals surface area (Å²) in [6.45, 7) is 6.12. The fourth-order valence-electron chi connectivity index (χ4n) is 3.71. The average Bonchev–Trinajstić information content (AvgIpc) is 2.74. The normalized spacial score (nSPS) is 18.8. The Hall–Kier alpha value is -2.60. The largest absolute Gasteiger partial charge is 0.489 e. The fraction of sp³-hybridized carbons (Fsp3) is 0.478. The van der Waals surface area contributed by atoms with Gasteiger partial charge in [-0.15, -0.1) is 0 Å². The van der Waals surface area contributed by atoms with Crippen molar-refractivity contribution in [2.45, 2.75) is 38.3 Å². The zero-order valence-corrected chi connectivity index (χ0v) is 17.6. The lowest BCUT2D eigenvalue weighted by Gasteiger charge is -2.29. The van der Waals surface area contributed by atoms with E-state index in [2.05, 4.69) is 39.3 Å². The Labute approximate surface area is 174 Å². The number of nitrogens with zero attached hydrogens (tertiary/aromatic N) is 3. The van der Waals surface area contributed by atoms with Gasteiger partial charge in [0.25, 0.3) is 0 Å². The highest BCUT2D eigenvalue weighted by atomic mass is 16.5. The van der Waals surface area contributed by atoms with E-state index >= 15 is 0 Å². The highest BCUT2D eigenvalue weighted by molar-refractivity contribution is 5.41. The molecule has 0 radical (unpaired) electrons. The summed E-state index contributed by atoms with van der Waals surface area (Å²) in [5.74, 6) is 3.31. The van der Waals surface area contributed by atoms with Crippen LogP contribution in [0.1, 0.15) is 31.2 Å². The number of ether oxygens (including phenoxy) is 1. The number of rotatable bonds is 10. The fourth-order valence-corrected chi connectivity index (χ4v) is 3.71. The Bertz CT molecular complexity index is 771. The molecule has 2 N–H and O–H groups in total. The van der Waals surface area contributed by atoms with E-state index in [4.69, 9.17) is 4.74 Å². The van der Waals surface area contributed by atoms with E-state index in [0.29, 0.717) is 18.6 Å². The van der Waals surface area contributed by atoms with Crippen LogP contribution in [0, 0.1) is 5.92 Å². The summed E-state index contributed by atoms with van der Waals surface area (Å²) in [6, 6.07) is 10.6. The maximum atomic E-state index is 5.74. The number of para-hydroxylation sites is 1. The monoisotopic (exact) mass is 395 g/mol. The molecule has 2 aromatic rings. The van der Waals surface area contributed by atoms with Gasteiger partial charge in [0.15, 0.2) is 0 Å². The first-order valence-electron chi connectivity index (χ1n) is 10.4. The zero-order valence-electron chi connectivity index (χ0n) is 17.6. The summed E-state index contributed by atoms with van der Waals surface area (Å²) in [6.07, 6.45) is 8.33. The molecule has 1 saturated carbocycles. The molecule has 0 unspecified atom stereocenters. The Morgan fingerprint density at radius 1 is 1.17 bits per heavy atom. The standard InChI is InChI=1S/C23H33N5O/c1-4-15-29-21-8-6-5-7-19(21)17-24-16-18-9-11-20(12-10-18)26-23-25-14-13-22(27-23)28(2)3/h4-8,13-14,18,20,24H,1,9-12,15-17H2,2-3H3,(H,25,26,27). The summed E-state index contributed by atoms with van der Waals surface area (Å²) < 4.78 is 5.74. The Morgan fingerprint density at radius 3 is 2.72 bits per heavy atom. The maximum Gasteiger partial charge on any atom is 0.224 e. The van der Waals surface area contributed by atoms with Crippen molar-refractivity contribution < 1.29 is 4.74 Å². The van der Waals surface area contributed by atoms with Gasteiger partial charge in [-0.2, -0.15) is 4.98 Å². The molecule has 1 heterocycles. The predicted octanol–water partition coefficient (Wildman–Crippen LogP) is 3.87. The molecule has 0 amide bonds. The van der Waals surface area contributed by atoms with Gasteiger partial charge in [-0.3, -0.25) is 0 Å². The van der Waals surface area contributed by atoms with Crippen LogP contribution in [-0.4, -0.2) is 43.3 Å². The highest BCUT2D eigenvalue weighted by Crippen LogP contribution is 2.26. The van der Waals surface area contributed by atoms with Crippen LogP contribution >= 0.6 is 0 Å². The molecule has 0 saturated heterocycles. The van der Waals surface area contributed by atoms with Gasteiger partial charge in [0.2, 0.25) is 5.95 Å². The van der Waals surface area contributed by atoms with Crippen LogP contribution in [0.25, 0.3) is 0 Å². The van der Waals surface area contributed by atoms with Crippen molar-refractivity contribution >= 4 is 11.8 Å². The van der Waals surface area contributed by atoms with Gasteiger partial charge in [0.05, 0.1) is 0 Å². The number of hydrogen-bond donors (Lipinski definition) is 2. The maximum absolute atomic E-state index is 5.74. The second-order valence-corrected chi connectivity index (χ2v) is 7.83. The molecule has 156 valence electrons. The Morgan fingerprint density at radius 2 is 1.97 bits per heavy atom. The van der Waals surface area contributed by atoms with E-state index in [1.807, 2.05) is 43.4 Å². The number of aromatic nitrogens is 2. The molecule has 0 atom stereocenters. The van der Waals surface area contributed by atoms with Gasteiger partial charge in [0, 0.05) is 38.4 Å². The summed E-state index contributed by atoms with van der Waals surface area (Å²) >= 11 is 0. The molecule has 3 rings (SSSR count). The van der Waals surface area contributed by atoms with Crippen LogP contribution in [0.3, 0.4) is 0 Å². The lowest BCUT2D eigenvalue weighted by atomic mass is 9.86. The molecule has 6 heteroatoms. The Balaban J connectivity index is 1.40. The van der Waals surface area contributed by atoms with Crippen LogP contribution in [-0.2, 0) is 6.54 Å². The smallest absolute Gasteiger partial charge is 0.224 e. The molecule has 29 heavy (non-hydrogen) atoms. The third-order valence-electron chi connectivity index (χ3n) is 5.36. The van der Waals surface area contributed by atoms with Crippen molar-refractivity contribution in [3.05, 3.63) is 54.7 Å². The van der Waals surface area contributed by atoms with Crippen molar-refractivity contribution in [3.8, 4) is 5.75 Å². The molecule has 6 nitrogen and oxygen atoms in total. The van der Waals surface area contributed by atoms with Crippen LogP contribution < -0.4 is 20.3 Å². The van der Waals surface area contributed by atoms with Crippen molar-refractivity contribution in [2.75, 3.05) is 37.5 Å². The Kier molecular flexibility index (Phi) is 7.87. The van der Waals surface area contributed by atoms with E-state index in [0.717, 1.165) is 43.4 Å². The van der Waals surface area contributed by atoms with Gasteiger partial charge in [-0.05, 0) is 50.3 Å². The zero-order chi connectivity index (χ0) is 20.5. The molecule has 1 fully saturated rings. The summed E-state index contributed by atoms with van der Waals surface area (Å²) in [5.41, 5.74) is 1.20. The minimum Gasteiger partial charge on any atom is -0.489 e. The number of anilines is 2. The summed E-state index contributed by atoms with van der Waals surface area (Å²) in [4.78, 5) is 10.9. The summed E-state index contributed by atoms with van der Waals surface area (Å²) in [5, 5.41) is 7.13. The molecule has 0 bridgehead atoms. The third kappa shape index (κ3) is 6.46. The van der Waals surface area contributed by atoms with Crippen molar-refractivity contribution in [1.29, 1.82) is 0 Å². The topological polar surface area (TPSA) is 62.3 Å². The average molecular weight is 396 g/mol. The van der Waals surface area contributed by atoms with Gasteiger partial charge in [-0.25, -0.2) is 4.98 Å². The highest BCUT2D eigenvalue weighted by Gasteiger charge is 2.21. The van der Waals surface area contributed by atoms with Crippen molar-refractivity contribution in [3.63, 3.8) is 0 Å². The van der Waals surface area contributed by atoms with Gasteiger partial charge in [-0.1, -0.05) is 30.9 Å². The van der Waals surface area contributed by atoms with Gasteiger partial charge >= 0.3 is 0 Å². The minimum atomic E-state index is 0.455. The van der Waals surface area contributed by atoms with Crippen molar-refractivity contribution in [2.24, 2.45) is 5.92 Å². The van der Waals surface area contributed by atoms with Crippen LogP contribution in [0.5, 0.6) is 5.75 Å². The predicted molar refractivity (Wildman–Crippen MR) is 120 cm³/mol. The molecule has 0 aliphatic heterocycles. The number of benzene rings is 1. The van der Waals surface area contributed by atoms with E-state index in [1.165, 1.54) is 18.4 Å². The second kappa shape index (κ2) is 10.8. The van der Waals surface area contributed by atoms with Crippen LogP contribution in [0.15, 0.2) is 49.2 Å². The van der Waals surface area contributed by atoms with Crippen LogP contribution in [0.4, 0.5) is 11.8 Å². The molecular formula is C23H33N5O. The minimum absolute atomic E-state index is 0.455.